The fourth-order valence-electron chi connectivity index (χ4n) is 3.02. The van der Waals surface area contributed by atoms with Crippen LogP contribution < -0.4 is 4.90 Å². The highest BCUT2D eigenvalue weighted by Crippen LogP contribution is 2.23. The zero-order valence-corrected chi connectivity index (χ0v) is 15.7. The number of nitrogens with zero attached hydrogens (tertiary/aromatic N) is 5. The van der Waals surface area contributed by atoms with Crippen LogP contribution in [-0.4, -0.2) is 71.4 Å². The minimum absolute atomic E-state index is 0.102. The fraction of sp³-hybridized carbons (Fsp3) is 0.667. The van der Waals surface area contributed by atoms with Crippen molar-refractivity contribution in [3.8, 4) is 0 Å². The van der Waals surface area contributed by atoms with Crippen LogP contribution in [0.15, 0.2) is 18.5 Å². The Balaban J connectivity index is 1.95. The summed E-state index contributed by atoms with van der Waals surface area (Å²) in [6.07, 6.45) is 5.40. The van der Waals surface area contributed by atoms with Gasteiger partial charge in [-0.3, -0.25) is 9.59 Å². The van der Waals surface area contributed by atoms with Crippen LogP contribution >= 0.6 is 0 Å². The van der Waals surface area contributed by atoms with Crippen LogP contribution in [0.2, 0.25) is 0 Å². The van der Waals surface area contributed by atoms with Crippen molar-refractivity contribution in [2.45, 2.75) is 33.6 Å². The molecule has 0 aliphatic carbocycles. The monoisotopic (exact) mass is 347 g/mol. The topological polar surface area (TPSA) is 69.6 Å². The van der Waals surface area contributed by atoms with Crippen LogP contribution in [-0.2, 0) is 9.59 Å². The second-order valence-corrected chi connectivity index (χ2v) is 7.03. The molecule has 1 saturated heterocycles. The molecule has 2 heterocycles. The fourth-order valence-corrected chi connectivity index (χ4v) is 3.02. The van der Waals surface area contributed by atoms with E-state index < -0.39 is 5.41 Å². The summed E-state index contributed by atoms with van der Waals surface area (Å²) in [5.74, 6) is 0.471. The van der Waals surface area contributed by atoms with Crippen LogP contribution in [0.4, 0.5) is 5.95 Å². The molecule has 0 N–H and O–H groups in total. The van der Waals surface area contributed by atoms with Crippen LogP contribution in [0.25, 0.3) is 0 Å². The predicted octanol–water partition coefficient (Wildman–Crippen LogP) is 1.41. The molecule has 1 aliphatic heterocycles. The number of hydrogen-bond donors (Lipinski definition) is 0. The summed E-state index contributed by atoms with van der Waals surface area (Å²) in [7, 11) is 1.78. The van der Waals surface area contributed by atoms with Gasteiger partial charge >= 0.3 is 0 Å². The maximum Gasteiger partial charge on any atom is 0.237 e. The first-order valence-corrected chi connectivity index (χ1v) is 8.94. The average Bonchev–Trinajstić information content (AvgIpc) is 2.65. The van der Waals surface area contributed by atoms with E-state index in [-0.39, 0.29) is 11.8 Å². The zero-order chi connectivity index (χ0) is 18.4. The Bertz CT molecular complexity index is 582. The molecule has 0 aromatic carbocycles. The molecule has 1 aliphatic rings. The molecule has 1 aromatic rings. The van der Waals surface area contributed by atoms with Gasteiger partial charge < -0.3 is 14.7 Å². The minimum atomic E-state index is -1.03. The van der Waals surface area contributed by atoms with Crippen LogP contribution in [0, 0.1) is 5.41 Å². The summed E-state index contributed by atoms with van der Waals surface area (Å²) in [6.45, 7) is 8.73. The Kier molecular flexibility index (Phi) is 6.33. The molecule has 1 aromatic heterocycles. The quantitative estimate of drug-likeness (QED) is 0.728. The first-order chi connectivity index (χ1) is 11.9. The predicted molar refractivity (Wildman–Crippen MR) is 97.2 cm³/mol. The molecule has 0 saturated carbocycles. The molecule has 2 amide bonds. The van der Waals surface area contributed by atoms with Gasteiger partial charge in [-0.15, -0.1) is 0 Å². The molecule has 0 radical (unpaired) electrons. The lowest BCUT2D eigenvalue weighted by Crippen LogP contribution is -2.56. The summed E-state index contributed by atoms with van der Waals surface area (Å²) < 4.78 is 0. The highest BCUT2D eigenvalue weighted by Gasteiger charge is 2.41. The molecule has 7 nitrogen and oxygen atoms in total. The Hall–Kier alpha value is -2.18. The lowest BCUT2D eigenvalue weighted by molar-refractivity contribution is -0.153. The summed E-state index contributed by atoms with van der Waals surface area (Å²) >= 11 is 0. The maximum absolute atomic E-state index is 12.9. The lowest BCUT2D eigenvalue weighted by Gasteiger charge is -2.39. The van der Waals surface area contributed by atoms with Crippen molar-refractivity contribution in [1.29, 1.82) is 0 Å². The van der Waals surface area contributed by atoms with E-state index >= 15 is 0 Å². The molecule has 0 spiro atoms. The highest BCUT2D eigenvalue weighted by molar-refractivity contribution is 6.04. The number of unbranched alkanes of at least 4 members (excludes halogenated alkanes) is 1. The second-order valence-electron chi connectivity index (χ2n) is 7.03. The third-order valence-electron chi connectivity index (χ3n) is 4.66. The number of piperazine rings is 1. The number of carbonyl (C=O) groups is 2. The van der Waals surface area contributed by atoms with Gasteiger partial charge in [0.25, 0.3) is 0 Å². The van der Waals surface area contributed by atoms with Crippen molar-refractivity contribution in [2.75, 3.05) is 44.7 Å². The number of aromatic nitrogens is 2. The molecule has 2 rings (SSSR count). The van der Waals surface area contributed by atoms with Crippen molar-refractivity contribution < 1.29 is 9.59 Å². The summed E-state index contributed by atoms with van der Waals surface area (Å²) in [5.41, 5.74) is -1.03. The molecule has 1 fully saturated rings. The van der Waals surface area contributed by atoms with Crippen LogP contribution in [0.3, 0.4) is 0 Å². The highest BCUT2D eigenvalue weighted by atomic mass is 16.2. The van der Waals surface area contributed by atoms with Gasteiger partial charge in [0.1, 0.15) is 5.41 Å². The summed E-state index contributed by atoms with van der Waals surface area (Å²) in [6, 6.07) is 1.78. The number of anilines is 1. The normalized spacial score (nSPS) is 15.2. The van der Waals surface area contributed by atoms with E-state index in [0.29, 0.717) is 38.7 Å². The molecule has 25 heavy (non-hydrogen) atoms. The molecule has 7 heteroatoms. The van der Waals surface area contributed by atoms with Crippen molar-refractivity contribution in [2.24, 2.45) is 5.41 Å². The van der Waals surface area contributed by atoms with E-state index in [1.165, 1.54) is 0 Å². The van der Waals surface area contributed by atoms with E-state index in [1.54, 1.807) is 49.2 Å². The third kappa shape index (κ3) is 4.46. The third-order valence-corrected chi connectivity index (χ3v) is 4.66. The van der Waals surface area contributed by atoms with E-state index in [1.807, 2.05) is 0 Å². The van der Waals surface area contributed by atoms with Gasteiger partial charge in [-0.2, -0.15) is 0 Å². The number of carbonyl (C=O) groups excluding carboxylic acids is 2. The van der Waals surface area contributed by atoms with Gasteiger partial charge in [-0.25, -0.2) is 9.97 Å². The Morgan fingerprint density at radius 1 is 1.16 bits per heavy atom. The van der Waals surface area contributed by atoms with Gasteiger partial charge in [0.05, 0.1) is 0 Å². The van der Waals surface area contributed by atoms with Crippen molar-refractivity contribution in [3.05, 3.63) is 18.5 Å². The molecule has 138 valence electrons. The second kappa shape index (κ2) is 8.27. The van der Waals surface area contributed by atoms with Crippen molar-refractivity contribution in [3.63, 3.8) is 0 Å². The number of amides is 2. The first kappa shape index (κ1) is 19.1. The first-order valence-electron chi connectivity index (χ1n) is 8.94. The average molecular weight is 347 g/mol. The van der Waals surface area contributed by atoms with Crippen molar-refractivity contribution >= 4 is 17.8 Å². The van der Waals surface area contributed by atoms with Crippen molar-refractivity contribution in [1.82, 2.24) is 19.8 Å². The zero-order valence-electron chi connectivity index (χ0n) is 15.7. The van der Waals surface area contributed by atoms with Gasteiger partial charge in [-0.05, 0) is 26.3 Å². The van der Waals surface area contributed by atoms with E-state index in [4.69, 9.17) is 0 Å². The SMILES string of the molecule is CCCCN(C)C(=O)C(C)(C)C(=O)N1CCN(c2ncccn2)CC1. The van der Waals surface area contributed by atoms with E-state index in [2.05, 4.69) is 21.8 Å². The van der Waals surface area contributed by atoms with Crippen LogP contribution in [0.5, 0.6) is 0 Å². The smallest absolute Gasteiger partial charge is 0.237 e. The molecular formula is C18H29N5O2. The molecule has 0 bridgehead atoms. The lowest BCUT2D eigenvalue weighted by atomic mass is 9.89. The van der Waals surface area contributed by atoms with E-state index in [9.17, 15) is 9.59 Å². The largest absolute Gasteiger partial charge is 0.345 e. The van der Waals surface area contributed by atoms with E-state index in [0.717, 1.165) is 12.8 Å². The summed E-state index contributed by atoms with van der Waals surface area (Å²) in [4.78, 5) is 39.6. The Morgan fingerprint density at radius 2 is 1.76 bits per heavy atom. The van der Waals surface area contributed by atoms with Gasteiger partial charge in [-0.1, -0.05) is 13.3 Å². The summed E-state index contributed by atoms with van der Waals surface area (Å²) in [5, 5.41) is 0. The van der Waals surface area contributed by atoms with Gasteiger partial charge in [0, 0.05) is 52.2 Å². The molecular weight excluding hydrogens is 318 g/mol. The van der Waals surface area contributed by atoms with Crippen LogP contribution in [0.1, 0.15) is 33.6 Å². The standard InChI is InChI=1S/C18H29N5O2/c1-5-6-10-21(4)15(24)18(2,3)16(25)22-11-13-23(14-12-22)17-19-8-7-9-20-17/h7-9H,5-6,10-14H2,1-4H3. The number of rotatable bonds is 6. The molecule has 0 unspecified atom stereocenters. The van der Waals surface area contributed by atoms with Gasteiger partial charge in [0.2, 0.25) is 17.8 Å². The molecule has 0 atom stereocenters. The van der Waals surface area contributed by atoms with Gasteiger partial charge in [0.15, 0.2) is 0 Å². The Morgan fingerprint density at radius 3 is 2.32 bits per heavy atom. The minimum Gasteiger partial charge on any atom is -0.345 e. The Labute approximate surface area is 150 Å². The maximum atomic E-state index is 12.9. The number of hydrogen-bond acceptors (Lipinski definition) is 5.